The third-order valence-electron chi connectivity index (χ3n) is 3.95. The van der Waals surface area contributed by atoms with Gasteiger partial charge < -0.3 is 14.6 Å². The molecule has 116 valence electrons. The lowest BCUT2D eigenvalue weighted by atomic mass is 9.90. The maximum absolute atomic E-state index is 10.6. The Morgan fingerprint density at radius 2 is 2.00 bits per heavy atom. The molecule has 1 unspecified atom stereocenters. The first-order chi connectivity index (χ1) is 9.97. The summed E-state index contributed by atoms with van der Waals surface area (Å²) >= 11 is 0. The number of carboxylic acid groups (broad SMARTS) is 1. The predicted octanol–water partition coefficient (Wildman–Crippen LogP) is 2.32. The van der Waals surface area contributed by atoms with E-state index in [1.54, 1.807) is 7.11 Å². The average molecular weight is 293 g/mol. The highest BCUT2D eigenvalue weighted by atomic mass is 16.5. The molecule has 5 nitrogen and oxygen atoms in total. The number of nitrogens with zero attached hydrogens (tertiary/aromatic N) is 1. The molecule has 0 aromatic heterocycles. The number of likely N-dealkylation sites (tertiary alicyclic amines) is 1. The molecular weight excluding hydrogens is 270 g/mol. The van der Waals surface area contributed by atoms with Crippen molar-refractivity contribution in [3.05, 3.63) is 29.8 Å². The normalized spacial score (nSPS) is 18.8. The van der Waals surface area contributed by atoms with Crippen LogP contribution >= 0.6 is 0 Å². The van der Waals surface area contributed by atoms with Crippen molar-refractivity contribution < 1.29 is 19.4 Å². The number of hydrogen-bond acceptors (Lipinski definition) is 4. The molecule has 1 aliphatic rings. The highest BCUT2D eigenvalue weighted by Crippen LogP contribution is 2.35. The monoisotopic (exact) mass is 293 g/mol. The van der Waals surface area contributed by atoms with E-state index < -0.39 is 5.97 Å². The Hall–Kier alpha value is -1.59. The number of hydrogen-bond donors (Lipinski definition) is 1. The van der Waals surface area contributed by atoms with E-state index in [1.165, 1.54) is 5.56 Å². The van der Waals surface area contributed by atoms with Gasteiger partial charge in [-0.1, -0.05) is 19.1 Å². The Morgan fingerprint density at radius 1 is 1.38 bits per heavy atom. The fourth-order valence-electron chi connectivity index (χ4n) is 2.89. The Bertz CT molecular complexity index is 480. The molecule has 1 N–H and O–H groups in total. The molecule has 1 heterocycles. The van der Waals surface area contributed by atoms with E-state index in [4.69, 9.17) is 14.6 Å². The van der Waals surface area contributed by atoms with Crippen LogP contribution in [0.2, 0.25) is 0 Å². The van der Waals surface area contributed by atoms with Crippen LogP contribution < -0.4 is 4.74 Å². The van der Waals surface area contributed by atoms with Crippen LogP contribution in [0.25, 0.3) is 0 Å². The minimum absolute atomic E-state index is 0.232. The fraction of sp³-hybridized carbons (Fsp3) is 0.562. The van der Waals surface area contributed by atoms with Crippen molar-refractivity contribution in [3.63, 3.8) is 0 Å². The first-order valence-electron chi connectivity index (χ1n) is 7.21. The third-order valence-corrected chi connectivity index (χ3v) is 3.95. The summed E-state index contributed by atoms with van der Waals surface area (Å²) in [6, 6.07) is 8.44. The lowest BCUT2D eigenvalue weighted by Gasteiger charge is -2.51. The van der Waals surface area contributed by atoms with Gasteiger partial charge in [0.05, 0.1) is 12.7 Å². The Morgan fingerprint density at radius 3 is 2.48 bits per heavy atom. The molecule has 0 radical (unpaired) electrons. The molecule has 1 fully saturated rings. The number of benzene rings is 1. The van der Waals surface area contributed by atoms with E-state index in [2.05, 4.69) is 24.0 Å². The molecule has 0 saturated carbocycles. The molecule has 5 heteroatoms. The number of carboxylic acids is 1. The van der Waals surface area contributed by atoms with Gasteiger partial charge in [-0.05, 0) is 31.0 Å². The zero-order valence-corrected chi connectivity index (χ0v) is 12.8. The summed E-state index contributed by atoms with van der Waals surface area (Å²) in [4.78, 5) is 12.9. The van der Waals surface area contributed by atoms with E-state index in [0.29, 0.717) is 6.04 Å². The highest BCUT2D eigenvalue weighted by Gasteiger charge is 2.43. The van der Waals surface area contributed by atoms with Crippen molar-refractivity contribution in [2.45, 2.75) is 31.9 Å². The summed E-state index contributed by atoms with van der Waals surface area (Å²) in [7, 11) is 1.66. The summed E-state index contributed by atoms with van der Waals surface area (Å²) in [5.41, 5.74) is 0.900. The zero-order chi connectivity index (χ0) is 15.5. The van der Waals surface area contributed by atoms with Gasteiger partial charge in [0.25, 0.3) is 0 Å². The second-order valence-corrected chi connectivity index (χ2v) is 5.73. The van der Waals surface area contributed by atoms with Crippen LogP contribution in [0.4, 0.5) is 0 Å². The Balaban J connectivity index is 1.95. The maximum atomic E-state index is 10.6. The van der Waals surface area contributed by atoms with E-state index in [-0.39, 0.29) is 12.2 Å². The van der Waals surface area contributed by atoms with Gasteiger partial charge in [0.1, 0.15) is 12.4 Å². The molecule has 1 aromatic carbocycles. The number of aliphatic carboxylic acids is 1. The third kappa shape index (κ3) is 3.74. The highest BCUT2D eigenvalue weighted by molar-refractivity contribution is 5.68. The van der Waals surface area contributed by atoms with Crippen LogP contribution in [0.3, 0.4) is 0 Å². The molecule has 0 spiro atoms. The lowest BCUT2D eigenvalue weighted by Crippen LogP contribution is -2.62. The molecule has 1 atom stereocenters. The minimum atomic E-state index is -0.920. The molecule has 2 rings (SSSR count). The van der Waals surface area contributed by atoms with Gasteiger partial charge in [-0.2, -0.15) is 0 Å². The second kappa shape index (κ2) is 6.45. The quantitative estimate of drug-likeness (QED) is 0.836. The predicted molar refractivity (Wildman–Crippen MR) is 79.6 cm³/mol. The van der Waals surface area contributed by atoms with E-state index in [9.17, 15) is 4.79 Å². The first-order valence-corrected chi connectivity index (χ1v) is 7.21. The smallest absolute Gasteiger partial charge is 0.329 e. The van der Waals surface area contributed by atoms with Crippen molar-refractivity contribution >= 4 is 5.97 Å². The average Bonchev–Trinajstić information content (AvgIpc) is 2.45. The van der Waals surface area contributed by atoms with E-state index >= 15 is 0 Å². The number of methoxy groups -OCH3 is 1. The topological polar surface area (TPSA) is 59.0 Å². The molecular formula is C16H23NO4. The van der Waals surface area contributed by atoms with Crippen LogP contribution in [-0.2, 0) is 9.53 Å². The molecule has 1 aromatic rings. The van der Waals surface area contributed by atoms with Gasteiger partial charge in [-0.25, -0.2) is 4.79 Å². The van der Waals surface area contributed by atoms with Crippen molar-refractivity contribution in [1.29, 1.82) is 0 Å². The number of rotatable bonds is 7. The number of ether oxygens (including phenoxy) is 2. The van der Waals surface area contributed by atoms with E-state index in [0.717, 1.165) is 25.3 Å². The van der Waals surface area contributed by atoms with Crippen LogP contribution in [0, 0.1) is 0 Å². The summed E-state index contributed by atoms with van der Waals surface area (Å²) in [5.74, 6) is -0.0660. The Kier molecular flexibility index (Phi) is 4.85. The summed E-state index contributed by atoms with van der Waals surface area (Å²) < 4.78 is 10.6. The zero-order valence-electron chi connectivity index (χ0n) is 12.8. The van der Waals surface area contributed by atoms with Gasteiger partial charge in [0, 0.05) is 19.1 Å². The molecule has 0 aliphatic carbocycles. The van der Waals surface area contributed by atoms with Crippen LogP contribution in [0.5, 0.6) is 5.75 Å². The van der Waals surface area contributed by atoms with Gasteiger partial charge in [-0.3, -0.25) is 4.90 Å². The lowest BCUT2D eigenvalue weighted by molar-refractivity contribution is -0.170. The van der Waals surface area contributed by atoms with Gasteiger partial charge >= 0.3 is 5.97 Å². The molecule has 1 aliphatic heterocycles. The largest absolute Gasteiger partial charge is 0.497 e. The Labute approximate surface area is 125 Å². The van der Waals surface area contributed by atoms with Crippen molar-refractivity contribution in [3.8, 4) is 5.75 Å². The standard InChI is InChI=1S/C16H23NO4/c1-4-14(12-5-7-13(20-3)8-6-12)17-10-16(2,11-17)21-9-15(18)19/h5-8,14H,4,9-11H2,1-3H3,(H,18,19). The first kappa shape index (κ1) is 15.8. The second-order valence-electron chi connectivity index (χ2n) is 5.73. The van der Waals surface area contributed by atoms with Crippen molar-refractivity contribution in [2.24, 2.45) is 0 Å². The van der Waals surface area contributed by atoms with Gasteiger partial charge in [0.15, 0.2) is 0 Å². The van der Waals surface area contributed by atoms with Gasteiger partial charge in [-0.15, -0.1) is 0 Å². The number of carbonyl (C=O) groups is 1. The van der Waals surface area contributed by atoms with Crippen LogP contribution in [0.1, 0.15) is 31.9 Å². The summed E-state index contributed by atoms with van der Waals surface area (Å²) in [5, 5.41) is 8.69. The van der Waals surface area contributed by atoms with Crippen LogP contribution in [0.15, 0.2) is 24.3 Å². The van der Waals surface area contributed by atoms with Crippen LogP contribution in [-0.4, -0.2) is 48.4 Å². The SMILES string of the molecule is CCC(c1ccc(OC)cc1)N1CC(C)(OCC(=O)O)C1. The fourth-order valence-corrected chi connectivity index (χ4v) is 2.89. The van der Waals surface area contributed by atoms with Gasteiger partial charge in [0.2, 0.25) is 0 Å². The summed E-state index contributed by atoms with van der Waals surface area (Å²) in [6.45, 7) is 5.40. The van der Waals surface area contributed by atoms with E-state index in [1.807, 2.05) is 19.1 Å². The van der Waals surface area contributed by atoms with Crippen molar-refractivity contribution in [2.75, 3.05) is 26.8 Å². The minimum Gasteiger partial charge on any atom is -0.497 e. The molecule has 21 heavy (non-hydrogen) atoms. The molecule has 0 bridgehead atoms. The molecule has 0 amide bonds. The van der Waals surface area contributed by atoms with Crippen molar-refractivity contribution in [1.82, 2.24) is 4.90 Å². The molecule has 1 saturated heterocycles. The summed E-state index contributed by atoms with van der Waals surface area (Å²) in [6.07, 6.45) is 1.00. The maximum Gasteiger partial charge on any atom is 0.329 e.